The predicted molar refractivity (Wildman–Crippen MR) is 122 cm³/mol. The molecule has 0 bridgehead atoms. The third-order valence-electron chi connectivity index (χ3n) is 5.94. The Morgan fingerprint density at radius 3 is 2.21 bits per heavy atom. The molecule has 0 aromatic heterocycles. The summed E-state index contributed by atoms with van der Waals surface area (Å²) in [7, 11) is 0. The van der Waals surface area contributed by atoms with E-state index in [4.69, 9.17) is 12.2 Å². The van der Waals surface area contributed by atoms with Gasteiger partial charge in [0.15, 0.2) is 5.11 Å². The molecule has 2 N–H and O–H groups in total. The first-order chi connectivity index (χ1) is 13.4. The van der Waals surface area contributed by atoms with Crippen LogP contribution in [-0.2, 0) is 0 Å². The topological polar surface area (TPSA) is 24.1 Å². The van der Waals surface area contributed by atoms with Crippen molar-refractivity contribution >= 4 is 23.4 Å². The number of allylic oxidation sites excluding steroid dienone is 1. The molecule has 0 saturated heterocycles. The molecule has 3 heteroatoms. The van der Waals surface area contributed by atoms with Crippen LogP contribution in [0.5, 0.6) is 0 Å². The van der Waals surface area contributed by atoms with E-state index in [9.17, 15) is 0 Å². The lowest BCUT2D eigenvalue weighted by atomic mass is 9.68. The maximum Gasteiger partial charge on any atom is 0.171 e. The summed E-state index contributed by atoms with van der Waals surface area (Å²) in [6, 6.07) is 21.4. The molecule has 4 rings (SSSR count). The highest BCUT2D eigenvalue weighted by Crippen LogP contribution is 2.46. The Morgan fingerprint density at radius 2 is 1.57 bits per heavy atom. The van der Waals surface area contributed by atoms with E-state index >= 15 is 0 Å². The van der Waals surface area contributed by atoms with Crippen molar-refractivity contribution in [2.45, 2.75) is 39.7 Å². The molecule has 1 heterocycles. The summed E-state index contributed by atoms with van der Waals surface area (Å²) >= 11 is 5.59. The van der Waals surface area contributed by atoms with Crippen molar-refractivity contribution in [1.29, 1.82) is 0 Å². The van der Waals surface area contributed by atoms with Crippen LogP contribution in [0.15, 0.2) is 77.5 Å². The monoisotopic (exact) mass is 388 g/mol. The molecule has 0 unspecified atom stereocenters. The van der Waals surface area contributed by atoms with E-state index in [-0.39, 0.29) is 11.5 Å². The summed E-state index contributed by atoms with van der Waals surface area (Å²) in [5, 5.41) is 7.72. The first-order valence-corrected chi connectivity index (χ1v) is 10.4. The summed E-state index contributed by atoms with van der Waals surface area (Å²) in [5.41, 5.74) is 6.76. The minimum absolute atomic E-state index is 0.134. The van der Waals surface area contributed by atoms with Crippen molar-refractivity contribution in [3.05, 3.63) is 88.6 Å². The van der Waals surface area contributed by atoms with Crippen molar-refractivity contribution in [1.82, 2.24) is 10.6 Å². The molecule has 0 fully saturated rings. The van der Waals surface area contributed by atoms with E-state index in [0.717, 1.165) is 12.8 Å². The van der Waals surface area contributed by atoms with Gasteiger partial charge in [0.25, 0.3) is 0 Å². The Kier molecular flexibility index (Phi) is 5.11. The number of hydrogen-bond acceptors (Lipinski definition) is 1. The summed E-state index contributed by atoms with van der Waals surface area (Å²) in [4.78, 5) is 0. The van der Waals surface area contributed by atoms with Crippen molar-refractivity contribution in [3.63, 3.8) is 0 Å². The van der Waals surface area contributed by atoms with E-state index in [0.29, 0.717) is 11.0 Å². The molecule has 0 spiro atoms. The van der Waals surface area contributed by atoms with E-state index in [1.807, 2.05) is 0 Å². The van der Waals surface area contributed by atoms with Gasteiger partial charge in [0.1, 0.15) is 0 Å². The largest absolute Gasteiger partial charge is 0.352 e. The number of benzene rings is 2. The first kappa shape index (κ1) is 18.9. The number of nitrogens with one attached hydrogen (secondary N) is 2. The van der Waals surface area contributed by atoms with Crippen LogP contribution < -0.4 is 10.6 Å². The third kappa shape index (κ3) is 3.90. The Morgan fingerprint density at radius 1 is 0.929 bits per heavy atom. The van der Waals surface area contributed by atoms with Crippen LogP contribution in [0.25, 0.3) is 6.08 Å². The molecule has 2 nitrogen and oxygen atoms in total. The zero-order valence-electron chi connectivity index (χ0n) is 16.8. The normalized spacial score (nSPS) is 23.8. The highest BCUT2D eigenvalue weighted by molar-refractivity contribution is 7.80. The molecule has 2 aromatic carbocycles. The van der Waals surface area contributed by atoms with E-state index in [1.165, 1.54) is 28.0 Å². The fourth-order valence-corrected chi connectivity index (χ4v) is 4.45. The van der Waals surface area contributed by atoms with E-state index < -0.39 is 0 Å². The average Bonchev–Trinajstić information content (AvgIpc) is 2.68. The van der Waals surface area contributed by atoms with Crippen LogP contribution in [0.4, 0.5) is 0 Å². The molecule has 2 atom stereocenters. The highest BCUT2D eigenvalue weighted by atomic mass is 32.1. The van der Waals surface area contributed by atoms with Crippen molar-refractivity contribution < 1.29 is 0 Å². The van der Waals surface area contributed by atoms with Crippen molar-refractivity contribution in [2.75, 3.05) is 0 Å². The van der Waals surface area contributed by atoms with E-state index in [1.54, 1.807) is 0 Å². The predicted octanol–water partition coefficient (Wildman–Crippen LogP) is 6.00. The molecular formula is C25H28N2S. The van der Waals surface area contributed by atoms with Crippen LogP contribution in [0, 0.1) is 11.3 Å². The summed E-state index contributed by atoms with van der Waals surface area (Å²) in [6.45, 7) is 7.07. The zero-order valence-corrected chi connectivity index (χ0v) is 17.6. The minimum Gasteiger partial charge on any atom is -0.352 e. The van der Waals surface area contributed by atoms with Crippen LogP contribution in [0.1, 0.15) is 50.8 Å². The Balaban J connectivity index is 1.84. The molecule has 0 radical (unpaired) electrons. The van der Waals surface area contributed by atoms with Gasteiger partial charge in [0, 0.05) is 5.70 Å². The zero-order chi connectivity index (χ0) is 19.7. The molecule has 28 heavy (non-hydrogen) atoms. The van der Waals surface area contributed by atoms with E-state index in [2.05, 4.69) is 98.1 Å². The van der Waals surface area contributed by atoms with Gasteiger partial charge >= 0.3 is 0 Å². The lowest BCUT2D eigenvalue weighted by Gasteiger charge is -2.42. The highest BCUT2D eigenvalue weighted by Gasteiger charge is 2.37. The first-order valence-electron chi connectivity index (χ1n) is 10.0. The maximum absolute atomic E-state index is 5.59. The van der Waals surface area contributed by atoms with Crippen molar-refractivity contribution in [2.24, 2.45) is 11.3 Å². The second-order valence-electron chi connectivity index (χ2n) is 8.89. The second-order valence-corrected chi connectivity index (χ2v) is 9.30. The molecule has 1 aliphatic carbocycles. The molecule has 1 aliphatic heterocycles. The SMILES string of the molecule is CC(C)(C)[C@H]1CC2=C(NC(=S)N[C@@H]2c2ccccc2)/C(=C/c2ccccc2)C1. The van der Waals surface area contributed by atoms with Crippen LogP contribution in [-0.4, -0.2) is 5.11 Å². The lowest BCUT2D eigenvalue weighted by molar-refractivity contribution is 0.226. The van der Waals surface area contributed by atoms with Gasteiger partial charge in [-0.15, -0.1) is 0 Å². The van der Waals surface area contributed by atoms with Crippen LogP contribution in [0.3, 0.4) is 0 Å². The van der Waals surface area contributed by atoms with Gasteiger partial charge in [-0.05, 0) is 64.7 Å². The molecule has 0 saturated carbocycles. The smallest absolute Gasteiger partial charge is 0.171 e. The molecule has 2 aliphatic rings. The minimum atomic E-state index is 0.134. The Hall–Kier alpha value is -2.39. The molecular weight excluding hydrogens is 360 g/mol. The van der Waals surface area contributed by atoms with Crippen LogP contribution >= 0.6 is 12.2 Å². The number of rotatable bonds is 2. The fourth-order valence-electron chi connectivity index (χ4n) is 4.23. The molecule has 144 valence electrons. The van der Waals surface area contributed by atoms with Gasteiger partial charge in [-0.3, -0.25) is 0 Å². The van der Waals surface area contributed by atoms with Gasteiger partial charge in [-0.25, -0.2) is 0 Å². The van der Waals surface area contributed by atoms with Gasteiger partial charge in [-0.2, -0.15) is 0 Å². The number of thiocarbonyl (C=S) groups is 1. The van der Waals surface area contributed by atoms with Crippen molar-refractivity contribution in [3.8, 4) is 0 Å². The summed E-state index contributed by atoms with van der Waals surface area (Å²) < 4.78 is 0. The fraction of sp³-hybridized carbons (Fsp3) is 0.320. The van der Waals surface area contributed by atoms with Gasteiger partial charge < -0.3 is 10.6 Å². The quantitative estimate of drug-likeness (QED) is 0.617. The Labute approximate surface area is 173 Å². The summed E-state index contributed by atoms with van der Waals surface area (Å²) in [5.74, 6) is 0.586. The number of hydrogen-bond donors (Lipinski definition) is 2. The maximum atomic E-state index is 5.59. The summed E-state index contributed by atoms with van der Waals surface area (Å²) in [6.07, 6.45) is 4.47. The molecule has 2 aromatic rings. The second kappa shape index (κ2) is 7.56. The van der Waals surface area contributed by atoms with Gasteiger partial charge in [0.05, 0.1) is 6.04 Å². The third-order valence-corrected chi connectivity index (χ3v) is 6.16. The standard InChI is InChI=1S/C25H28N2S/c1-25(2,3)20-15-19(14-17-10-6-4-7-11-17)23-21(16-20)22(26-24(28)27-23)18-12-8-5-9-13-18/h4-14,20,22H,15-16H2,1-3H3,(H2,26,27,28)/b19-14+/t20-,22-/m1/s1. The van der Waals surface area contributed by atoms with Crippen LogP contribution in [0.2, 0.25) is 0 Å². The average molecular weight is 389 g/mol. The lowest BCUT2D eigenvalue weighted by Crippen LogP contribution is -2.46. The Bertz CT molecular complexity index is 920. The molecule has 0 amide bonds. The van der Waals surface area contributed by atoms with Gasteiger partial charge in [-0.1, -0.05) is 81.4 Å². The van der Waals surface area contributed by atoms with Gasteiger partial charge in [0.2, 0.25) is 0 Å².